The maximum atomic E-state index is 6.60. The van der Waals surface area contributed by atoms with Crippen molar-refractivity contribution in [1.82, 2.24) is 0 Å². The van der Waals surface area contributed by atoms with E-state index in [0.29, 0.717) is 0 Å². The van der Waals surface area contributed by atoms with E-state index >= 15 is 0 Å². The summed E-state index contributed by atoms with van der Waals surface area (Å²) in [4.78, 5) is 0. The average molecular weight is 433 g/mol. The quantitative estimate of drug-likeness (QED) is 0.361. The molecule has 21 heavy (non-hydrogen) atoms. The van der Waals surface area contributed by atoms with Crippen LogP contribution in [0.4, 0.5) is 0 Å². The van der Waals surface area contributed by atoms with Crippen LogP contribution in [-0.2, 0) is 5.41 Å². The lowest BCUT2D eigenvalue weighted by Gasteiger charge is -2.24. The molecule has 0 saturated carbocycles. The number of hydrogen-bond donors (Lipinski definition) is 0. The summed E-state index contributed by atoms with van der Waals surface area (Å²) < 4.78 is 1.04. The van der Waals surface area contributed by atoms with E-state index in [4.69, 9.17) is 23.2 Å². The van der Waals surface area contributed by atoms with E-state index in [1.807, 2.05) is 18.2 Å². The highest BCUT2D eigenvalue weighted by molar-refractivity contribution is 14.1. The molecule has 0 N–H and O–H groups in total. The van der Waals surface area contributed by atoms with Gasteiger partial charge in [-0.2, -0.15) is 0 Å². The second-order valence-electron chi connectivity index (χ2n) is 5.90. The van der Waals surface area contributed by atoms with E-state index in [0.717, 1.165) is 26.1 Å². The van der Waals surface area contributed by atoms with Crippen molar-refractivity contribution in [3.8, 4) is 0 Å². The Balaban J connectivity index is 2.27. The molecule has 112 valence electrons. The summed E-state index contributed by atoms with van der Waals surface area (Å²) in [5.74, 6) is 0. The average Bonchev–Trinajstić information content (AvgIpc) is 2.49. The van der Waals surface area contributed by atoms with Crippen molar-refractivity contribution in [1.29, 1.82) is 0 Å². The van der Waals surface area contributed by atoms with Crippen LogP contribution in [0.3, 0.4) is 0 Å². The molecule has 0 nitrogen and oxygen atoms in total. The summed E-state index contributed by atoms with van der Waals surface area (Å²) >= 11 is 15.0. The highest BCUT2D eigenvalue weighted by Crippen LogP contribution is 2.34. The molecule has 2 aromatic carbocycles. The number of rotatable bonds is 4. The fraction of sp³-hybridized carbons (Fsp3) is 0.333. The van der Waals surface area contributed by atoms with Crippen LogP contribution < -0.4 is 0 Å². The molecule has 2 aromatic rings. The van der Waals surface area contributed by atoms with Gasteiger partial charge in [0.2, 0.25) is 0 Å². The van der Waals surface area contributed by atoms with Gasteiger partial charge in [0.15, 0.2) is 0 Å². The first-order valence-electron chi connectivity index (χ1n) is 7.04. The number of halogens is 3. The molecule has 0 heterocycles. The molecule has 3 heteroatoms. The second kappa shape index (κ2) is 6.89. The zero-order valence-corrected chi connectivity index (χ0v) is 16.1. The molecule has 0 aromatic heterocycles. The van der Waals surface area contributed by atoms with E-state index in [9.17, 15) is 0 Å². The standard InChI is InChI=1S/C18H19Cl2I/c1-4-18(2,3)14-8-5-12(6-9-14)17(20)13-7-10-16(21)15(19)11-13/h5-11,17H,4H2,1-3H3. The van der Waals surface area contributed by atoms with Gasteiger partial charge in [0.25, 0.3) is 0 Å². The summed E-state index contributed by atoms with van der Waals surface area (Å²) in [6.45, 7) is 6.74. The Hall–Kier alpha value is -0.250. The Morgan fingerprint density at radius 3 is 2.14 bits per heavy atom. The maximum Gasteiger partial charge on any atom is 0.0835 e. The summed E-state index contributed by atoms with van der Waals surface area (Å²) in [7, 11) is 0. The van der Waals surface area contributed by atoms with Gasteiger partial charge in [0.1, 0.15) is 0 Å². The van der Waals surface area contributed by atoms with Crippen LogP contribution in [0.1, 0.15) is 49.3 Å². The molecule has 0 fully saturated rings. The van der Waals surface area contributed by atoms with Gasteiger partial charge in [-0.15, -0.1) is 11.6 Å². The van der Waals surface area contributed by atoms with E-state index in [2.05, 4.69) is 67.6 Å². The van der Waals surface area contributed by atoms with Crippen molar-refractivity contribution in [3.63, 3.8) is 0 Å². The molecule has 0 spiro atoms. The Labute approximate surface area is 151 Å². The molecular formula is C18H19Cl2I. The van der Waals surface area contributed by atoms with Crippen LogP contribution in [0.5, 0.6) is 0 Å². The predicted molar refractivity (Wildman–Crippen MR) is 102 cm³/mol. The maximum absolute atomic E-state index is 6.60. The number of hydrogen-bond acceptors (Lipinski definition) is 0. The molecule has 0 radical (unpaired) electrons. The first-order chi connectivity index (χ1) is 9.85. The van der Waals surface area contributed by atoms with Gasteiger partial charge >= 0.3 is 0 Å². The van der Waals surface area contributed by atoms with Gasteiger partial charge in [-0.3, -0.25) is 0 Å². The lowest BCUT2D eigenvalue weighted by atomic mass is 9.82. The molecule has 0 aliphatic rings. The van der Waals surface area contributed by atoms with Crippen LogP contribution in [-0.4, -0.2) is 0 Å². The molecule has 1 unspecified atom stereocenters. The summed E-state index contributed by atoms with van der Waals surface area (Å²) in [6, 6.07) is 14.6. The zero-order chi connectivity index (χ0) is 15.6. The SMILES string of the molecule is CCC(C)(C)c1ccc(C(Cl)c2ccc(I)c(Cl)c2)cc1. The second-order valence-corrected chi connectivity index (χ2v) is 7.90. The summed E-state index contributed by atoms with van der Waals surface area (Å²) in [5.41, 5.74) is 3.68. The molecule has 0 bridgehead atoms. The smallest absolute Gasteiger partial charge is 0.0835 e. The van der Waals surface area contributed by atoms with Crippen molar-refractivity contribution in [2.75, 3.05) is 0 Å². The summed E-state index contributed by atoms with van der Waals surface area (Å²) in [6.07, 6.45) is 1.11. The Bertz CT molecular complexity index is 618. The first-order valence-corrected chi connectivity index (χ1v) is 8.94. The van der Waals surface area contributed by atoms with E-state index in [1.165, 1.54) is 5.56 Å². The zero-order valence-electron chi connectivity index (χ0n) is 12.5. The van der Waals surface area contributed by atoms with Gasteiger partial charge < -0.3 is 0 Å². The van der Waals surface area contributed by atoms with Crippen molar-refractivity contribution < 1.29 is 0 Å². The third kappa shape index (κ3) is 3.94. The lowest BCUT2D eigenvalue weighted by molar-refractivity contribution is 0.506. The minimum atomic E-state index is -0.168. The molecular weight excluding hydrogens is 414 g/mol. The van der Waals surface area contributed by atoms with Crippen molar-refractivity contribution in [2.45, 2.75) is 38.0 Å². The molecule has 1 atom stereocenters. The van der Waals surface area contributed by atoms with Crippen LogP contribution >= 0.6 is 45.8 Å². The van der Waals surface area contributed by atoms with Gasteiger partial charge in [-0.05, 0) is 63.2 Å². The van der Waals surface area contributed by atoms with Gasteiger partial charge in [0.05, 0.1) is 10.4 Å². The van der Waals surface area contributed by atoms with Crippen LogP contribution in [0.25, 0.3) is 0 Å². The van der Waals surface area contributed by atoms with Gasteiger partial charge in [-0.25, -0.2) is 0 Å². The third-order valence-electron chi connectivity index (χ3n) is 4.11. The van der Waals surface area contributed by atoms with Gasteiger partial charge in [-0.1, -0.05) is 62.7 Å². The topological polar surface area (TPSA) is 0 Å². The van der Waals surface area contributed by atoms with Crippen LogP contribution in [0, 0.1) is 3.57 Å². The highest BCUT2D eigenvalue weighted by Gasteiger charge is 2.19. The Morgan fingerprint density at radius 1 is 1.05 bits per heavy atom. The molecule has 0 saturated heterocycles. The molecule has 0 aliphatic carbocycles. The minimum absolute atomic E-state index is 0.168. The number of benzene rings is 2. The third-order valence-corrected chi connectivity index (χ3v) is 6.18. The van der Waals surface area contributed by atoms with Crippen molar-refractivity contribution in [3.05, 3.63) is 67.7 Å². The lowest BCUT2D eigenvalue weighted by Crippen LogP contribution is -2.15. The Kier molecular flexibility index (Phi) is 5.61. The molecule has 2 rings (SSSR count). The fourth-order valence-corrected chi connectivity index (χ4v) is 2.98. The number of alkyl halides is 1. The monoisotopic (exact) mass is 432 g/mol. The molecule has 0 aliphatic heterocycles. The van der Waals surface area contributed by atoms with E-state index in [-0.39, 0.29) is 10.8 Å². The fourth-order valence-electron chi connectivity index (χ4n) is 2.17. The van der Waals surface area contributed by atoms with Crippen molar-refractivity contribution >= 4 is 45.8 Å². The normalized spacial score (nSPS) is 13.2. The minimum Gasteiger partial charge on any atom is -0.113 e. The highest BCUT2D eigenvalue weighted by atomic mass is 127. The largest absolute Gasteiger partial charge is 0.113 e. The van der Waals surface area contributed by atoms with E-state index in [1.54, 1.807) is 0 Å². The van der Waals surface area contributed by atoms with Crippen molar-refractivity contribution in [2.24, 2.45) is 0 Å². The van der Waals surface area contributed by atoms with Gasteiger partial charge in [0, 0.05) is 3.57 Å². The predicted octanol–water partition coefficient (Wildman–Crippen LogP) is 6.96. The first kappa shape index (κ1) is 17.1. The molecule has 0 amide bonds. The Morgan fingerprint density at radius 2 is 1.62 bits per heavy atom. The summed E-state index contributed by atoms with van der Waals surface area (Å²) in [5, 5.41) is 0.584. The van der Waals surface area contributed by atoms with Crippen LogP contribution in [0.2, 0.25) is 5.02 Å². The van der Waals surface area contributed by atoms with Crippen LogP contribution in [0.15, 0.2) is 42.5 Å². The van der Waals surface area contributed by atoms with E-state index < -0.39 is 0 Å².